The van der Waals surface area contributed by atoms with E-state index in [0.29, 0.717) is 5.92 Å². The summed E-state index contributed by atoms with van der Waals surface area (Å²) in [5, 5.41) is 0. The molecule has 0 aromatic rings. The lowest BCUT2D eigenvalue weighted by molar-refractivity contribution is -0.150. The predicted octanol–water partition coefficient (Wildman–Crippen LogP) is 2.59. The summed E-state index contributed by atoms with van der Waals surface area (Å²) in [4.78, 5) is 14.4. The first-order valence-corrected chi connectivity index (χ1v) is 7.15. The lowest BCUT2D eigenvalue weighted by atomic mass is 9.82. The van der Waals surface area contributed by atoms with Crippen molar-refractivity contribution in [3.8, 4) is 0 Å². The molecule has 1 atom stereocenters. The van der Waals surface area contributed by atoms with E-state index in [1.165, 1.54) is 58.5 Å². The number of esters is 1. The SMILES string of the molecule is COC(=O)C(C1CCCCC1)N1CCCCC1. The predicted molar refractivity (Wildman–Crippen MR) is 67.8 cm³/mol. The topological polar surface area (TPSA) is 29.5 Å². The summed E-state index contributed by atoms with van der Waals surface area (Å²) in [5.41, 5.74) is 0. The van der Waals surface area contributed by atoms with E-state index in [9.17, 15) is 4.79 Å². The van der Waals surface area contributed by atoms with E-state index < -0.39 is 0 Å². The lowest BCUT2D eigenvalue weighted by Gasteiger charge is -2.38. The third kappa shape index (κ3) is 3.21. The summed E-state index contributed by atoms with van der Waals surface area (Å²) in [6, 6.07) is 0.0422. The molecule has 1 unspecified atom stereocenters. The van der Waals surface area contributed by atoms with Gasteiger partial charge in [-0.1, -0.05) is 25.7 Å². The van der Waals surface area contributed by atoms with Crippen LogP contribution in [0.4, 0.5) is 0 Å². The third-order valence-electron chi connectivity index (χ3n) is 4.32. The number of hydrogen-bond acceptors (Lipinski definition) is 3. The Bertz CT molecular complexity index is 225. The van der Waals surface area contributed by atoms with Gasteiger partial charge >= 0.3 is 5.97 Å². The van der Waals surface area contributed by atoms with Gasteiger partial charge in [-0.05, 0) is 44.7 Å². The number of likely N-dealkylation sites (tertiary alicyclic amines) is 1. The van der Waals surface area contributed by atoms with E-state index in [2.05, 4.69) is 4.90 Å². The van der Waals surface area contributed by atoms with Gasteiger partial charge in [-0.2, -0.15) is 0 Å². The maximum Gasteiger partial charge on any atom is 0.323 e. The summed E-state index contributed by atoms with van der Waals surface area (Å²) in [6.45, 7) is 2.16. The molecule has 2 aliphatic rings. The molecule has 3 nitrogen and oxygen atoms in total. The molecule has 2 rings (SSSR count). The van der Waals surface area contributed by atoms with Crippen molar-refractivity contribution in [1.82, 2.24) is 4.90 Å². The highest BCUT2D eigenvalue weighted by Gasteiger charge is 2.35. The van der Waals surface area contributed by atoms with Crippen molar-refractivity contribution >= 4 is 5.97 Å². The molecule has 3 heteroatoms. The molecular weight excluding hydrogens is 214 g/mol. The molecule has 1 saturated carbocycles. The van der Waals surface area contributed by atoms with E-state index in [4.69, 9.17) is 4.74 Å². The van der Waals surface area contributed by atoms with E-state index in [1.807, 2.05) is 0 Å². The van der Waals surface area contributed by atoms with Gasteiger partial charge in [0.15, 0.2) is 0 Å². The first-order valence-electron chi connectivity index (χ1n) is 7.15. The highest BCUT2D eigenvalue weighted by molar-refractivity contribution is 5.76. The fraction of sp³-hybridized carbons (Fsp3) is 0.929. The van der Waals surface area contributed by atoms with Crippen LogP contribution >= 0.6 is 0 Å². The summed E-state index contributed by atoms with van der Waals surface area (Å²) in [6.07, 6.45) is 10.1. The number of ether oxygens (including phenoxy) is 1. The molecular formula is C14H25NO2. The second-order valence-electron chi connectivity index (χ2n) is 5.46. The van der Waals surface area contributed by atoms with Gasteiger partial charge in [-0.3, -0.25) is 9.69 Å². The van der Waals surface area contributed by atoms with Crippen LogP contribution in [0.1, 0.15) is 51.4 Å². The van der Waals surface area contributed by atoms with Crippen LogP contribution in [0, 0.1) is 5.92 Å². The monoisotopic (exact) mass is 239 g/mol. The van der Waals surface area contributed by atoms with Gasteiger partial charge in [0.2, 0.25) is 0 Å². The van der Waals surface area contributed by atoms with Crippen molar-refractivity contribution in [2.45, 2.75) is 57.4 Å². The van der Waals surface area contributed by atoms with Crippen LogP contribution in [0.25, 0.3) is 0 Å². The standard InChI is InChI=1S/C14H25NO2/c1-17-14(16)13(12-8-4-2-5-9-12)15-10-6-3-7-11-15/h12-13H,2-11H2,1H3. The Hall–Kier alpha value is -0.570. The Morgan fingerprint density at radius 3 is 2.24 bits per heavy atom. The van der Waals surface area contributed by atoms with Crippen LogP contribution < -0.4 is 0 Å². The van der Waals surface area contributed by atoms with Gasteiger partial charge < -0.3 is 4.74 Å². The smallest absolute Gasteiger partial charge is 0.323 e. The molecule has 1 aliphatic carbocycles. The quantitative estimate of drug-likeness (QED) is 0.709. The van der Waals surface area contributed by atoms with Crippen molar-refractivity contribution in [1.29, 1.82) is 0 Å². The summed E-state index contributed by atoms with van der Waals surface area (Å²) in [5.74, 6) is 0.535. The van der Waals surface area contributed by atoms with Crippen LogP contribution in [-0.2, 0) is 9.53 Å². The van der Waals surface area contributed by atoms with E-state index >= 15 is 0 Å². The molecule has 0 N–H and O–H groups in total. The Morgan fingerprint density at radius 1 is 1.06 bits per heavy atom. The van der Waals surface area contributed by atoms with Crippen LogP contribution in [0.15, 0.2) is 0 Å². The summed E-state index contributed by atoms with van der Waals surface area (Å²) < 4.78 is 5.04. The van der Waals surface area contributed by atoms with Crippen LogP contribution in [0.5, 0.6) is 0 Å². The fourth-order valence-corrected chi connectivity index (χ4v) is 3.41. The largest absolute Gasteiger partial charge is 0.468 e. The average molecular weight is 239 g/mol. The number of methoxy groups -OCH3 is 1. The zero-order valence-corrected chi connectivity index (χ0v) is 11.0. The first kappa shape index (κ1) is 12.9. The highest BCUT2D eigenvalue weighted by Crippen LogP contribution is 2.31. The Morgan fingerprint density at radius 2 is 1.65 bits per heavy atom. The molecule has 1 saturated heterocycles. The maximum absolute atomic E-state index is 12.0. The van der Waals surface area contributed by atoms with E-state index in [-0.39, 0.29) is 12.0 Å². The van der Waals surface area contributed by atoms with Gasteiger partial charge in [0.25, 0.3) is 0 Å². The normalized spacial score (nSPS) is 25.5. The van der Waals surface area contributed by atoms with Crippen molar-refractivity contribution < 1.29 is 9.53 Å². The number of carbonyl (C=O) groups excluding carboxylic acids is 1. The van der Waals surface area contributed by atoms with E-state index in [0.717, 1.165) is 13.1 Å². The average Bonchev–Trinajstić information content (AvgIpc) is 2.41. The van der Waals surface area contributed by atoms with Gasteiger partial charge in [0, 0.05) is 0 Å². The number of nitrogens with zero attached hydrogens (tertiary/aromatic N) is 1. The van der Waals surface area contributed by atoms with Gasteiger partial charge in [0.1, 0.15) is 6.04 Å². The number of hydrogen-bond donors (Lipinski definition) is 0. The zero-order chi connectivity index (χ0) is 12.1. The second-order valence-corrected chi connectivity index (χ2v) is 5.46. The third-order valence-corrected chi connectivity index (χ3v) is 4.32. The maximum atomic E-state index is 12.0. The lowest BCUT2D eigenvalue weighted by Crippen LogP contribution is -2.49. The van der Waals surface area contributed by atoms with Crippen molar-refractivity contribution in [3.63, 3.8) is 0 Å². The number of carbonyl (C=O) groups is 1. The molecule has 98 valence electrons. The highest BCUT2D eigenvalue weighted by atomic mass is 16.5. The molecule has 2 fully saturated rings. The minimum absolute atomic E-state index is 0.00111. The van der Waals surface area contributed by atoms with Crippen LogP contribution in [-0.4, -0.2) is 37.1 Å². The molecule has 0 bridgehead atoms. The Labute approximate surface area is 105 Å². The number of piperidine rings is 1. The summed E-state index contributed by atoms with van der Waals surface area (Å²) >= 11 is 0. The van der Waals surface area contributed by atoms with Gasteiger partial charge in [-0.25, -0.2) is 0 Å². The zero-order valence-electron chi connectivity index (χ0n) is 11.0. The Kier molecular flexibility index (Phi) is 4.84. The molecule has 1 heterocycles. The fourth-order valence-electron chi connectivity index (χ4n) is 3.41. The molecule has 1 aliphatic heterocycles. The molecule has 0 amide bonds. The second kappa shape index (κ2) is 6.39. The van der Waals surface area contributed by atoms with Gasteiger partial charge in [-0.15, -0.1) is 0 Å². The molecule has 0 aromatic heterocycles. The molecule has 0 spiro atoms. The van der Waals surface area contributed by atoms with Crippen molar-refractivity contribution in [3.05, 3.63) is 0 Å². The van der Waals surface area contributed by atoms with E-state index in [1.54, 1.807) is 0 Å². The molecule has 0 radical (unpaired) electrons. The molecule has 17 heavy (non-hydrogen) atoms. The van der Waals surface area contributed by atoms with Crippen molar-refractivity contribution in [2.75, 3.05) is 20.2 Å². The van der Waals surface area contributed by atoms with Crippen LogP contribution in [0.2, 0.25) is 0 Å². The minimum Gasteiger partial charge on any atom is -0.468 e. The number of rotatable bonds is 3. The minimum atomic E-state index is -0.00111. The summed E-state index contributed by atoms with van der Waals surface area (Å²) in [7, 11) is 1.53. The van der Waals surface area contributed by atoms with Crippen LogP contribution in [0.3, 0.4) is 0 Å². The first-order chi connectivity index (χ1) is 8.33. The molecule has 0 aromatic carbocycles. The Balaban J connectivity index is 2.02. The van der Waals surface area contributed by atoms with Gasteiger partial charge in [0.05, 0.1) is 7.11 Å². The van der Waals surface area contributed by atoms with Crippen molar-refractivity contribution in [2.24, 2.45) is 5.92 Å².